The number of hydrogen-bond donors (Lipinski definition) is 0. The van der Waals surface area contributed by atoms with Gasteiger partial charge < -0.3 is 18.8 Å². The Balaban J connectivity index is 1.47. The van der Waals surface area contributed by atoms with E-state index in [4.69, 9.17) is 13.9 Å². The average Bonchev–Trinajstić information content (AvgIpc) is 3.31. The van der Waals surface area contributed by atoms with Crippen molar-refractivity contribution in [1.29, 1.82) is 0 Å². The van der Waals surface area contributed by atoms with Crippen molar-refractivity contribution in [2.24, 2.45) is 0 Å². The normalized spacial score (nSPS) is 14.0. The summed E-state index contributed by atoms with van der Waals surface area (Å²) in [6.07, 6.45) is 2.98. The number of benzene rings is 2. The number of hydrogen-bond acceptors (Lipinski definition) is 7. The van der Waals surface area contributed by atoms with Crippen molar-refractivity contribution < 1.29 is 23.6 Å². The van der Waals surface area contributed by atoms with Gasteiger partial charge in [-0.2, -0.15) is 0 Å². The van der Waals surface area contributed by atoms with E-state index in [1.165, 1.54) is 19.3 Å². The fourth-order valence-electron chi connectivity index (χ4n) is 3.50. The fourth-order valence-corrected chi connectivity index (χ4v) is 3.50. The Hall–Kier alpha value is -3.91. The molecule has 2 aromatic carbocycles. The number of nitro groups is 1. The third-order valence-corrected chi connectivity index (χ3v) is 5.22. The molecular formula is C24H22N2O6. The summed E-state index contributed by atoms with van der Waals surface area (Å²) in [5.41, 5.74) is 1.84. The molecular weight excluding hydrogens is 412 g/mol. The lowest BCUT2D eigenvalue weighted by Crippen LogP contribution is -2.36. The first-order chi connectivity index (χ1) is 15.5. The molecule has 0 unspecified atom stereocenters. The fraction of sp³-hybridized carbons (Fsp3) is 0.208. The second-order valence-corrected chi connectivity index (χ2v) is 7.19. The highest BCUT2D eigenvalue weighted by Crippen LogP contribution is 2.34. The molecule has 32 heavy (non-hydrogen) atoms. The van der Waals surface area contributed by atoms with E-state index < -0.39 is 4.92 Å². The Morgan fingerprint density at radius 2 is 1.84 bits per heavy atom. The molecule has 0 bridgehead atoms. The van der Waals surface area contributed by atoms with Gasteiger partial charge in [0, 0.05) is 24.3 Å². The summed E-state index contributed by atoms with van der Waals surface area (Å²) in [6, 6.07) is 15.3. The molecule has 0 amide bonds. The summed E-state index contributed by atoms with van der Waals surface area (Å²) in [4.78, 5) is 25.7. The Morgan fingerprint density at radius 1 is 1.09 bits per heavy atom. The van der Waals surface area contributed by atoms with Crippen LogP contribution in [-0.4, -0.2) is 44.1 Å². The maximum Gasteiger partial charge on any atom is 0.284 e. The zero-order valence-corrected chi connectivity index (χ0v) is 17.5. The SMILES string of the molecule is COc1ccc(-c2ccc(/C=C/C(=O)c3ccc(N4CCOCC4)cc3)o2)c([N+](=O)[O-])c1. The molecule has 1 saturated heterocycles. The van der Waals surface area contributed by atoms with Gasteiger partial charge in [-0.3, -0.25) is 14.9 Å². The predicted octanol–water partition coefficient (Wildman–Crippen LogP) is 4.60. The average molecular weight is 434 g/mol. The summed E-state index contributed by atoms with van der Waals surface area (Å²) < 4.78 is 16.1. The molecule has 8 heteroatoms. The Kier molecular flexibility index (Phi) is 6.32. The van der Waals surface area contributed by atoms with Gasteiger partial charge in [-0.05, 0) is 60.7 Å². The summed E-state index contributed by atoms with van der Waals surface area (Å²) in [6.45, 7) is 3.07. The third-order valence-electron chi connectivity index (χ3n) is 5.22. The molecule has 2 heterocycles. The van der Waals surface area contributed by atoms with Gasteiger partial charge >= 0.3 is 0 Å². The quantitative estimate of drug-likeness (QED) is 0.232. The van der Waals surface area contributed by atoms with E-state index in [-0.39, 0.29) is 11.5 Å². The van der Waals surface area contributed by atoms with Crippen LogP contribution in [0.3, 0.4) is 0 Å². The largest absolute Gasteiger partial charge is 0.497 e. The highest BCUT2D eigenvalue weighted by atomic mass is 16.6. The molecule has 0 N–H and O–H groups in total. The maximum absolute atomic E-state index is 12.5. The van der Waals surface area contributed by atoms with E-state index in [1.807, 2.05) is 12.1 Å². The van der Waals surface area contributed by atoms with Crippen molar-refractivity contribution in [3.8, 4) is 17.1 Å². The van der Waals surface area contributed by atoms with Gasteiger partial charge in [0.05, 0.1) is 36.9 Å². The number of ether oxygens (including phenoxy) is 2. The second-order valence-electron chi connectivity index (χ2n) is 7.19. The maximum atomic E-state index is 12.5. The molecule has 164 valence electrons. The zero-order valence-electron chi connectivity index (χ0n) is 17.5. The van der Waals surface area contributed by atoms with Crippen molar-refractivity contribution in [2.45, 2.75) is 0 Å². The van der Waals surface area contributed by atoms with E-state index >= 15 is 0 Å². The minimum absolute atomic E-state index is 0.120. The Morgan fingerprint density at radius 3 is 2.53 bits per heavy atom. The molecule has 0 atom stereocenters. The van der Waals surface area contributed by atoms with Crippen molar-refractivity contribution in [3.05, 3.63) is 82.1 Å². The van der Waals surface area contributed by atoms with Crippen molar-refractivity contribution in [2.75, 3.05) is 38.3 Å². The highest BCUT2D eigenvalue weighted by Gasteiger charge is 2.19. The van der Waals surface area contributed by atoms with Gasteiger partial charge in [-0.25, -0.2) is 0 Å². The standard InChI is InChI=1S/C24H22N2O6/c1-30-20-6-9-21(22(16-20)26(28)29)24-11-8-19(32-24)7-10-23(27)17-2-4-18(5-3-17)25-12-14-31-15-13-25/h2-11,16H,12-15H2,1H3/b10-7+. The van der Waals surface area contributed by atoms with E-state index in [9.17, 15) is 14.9 Å². The van der Waals surface area contributed by atoms with Gasteiger partial charge in [0.15, 0.2) is 5.78 Å². The molecule has 3 aromatic rings. The van der Waals surface area contributed by atoms with E-state index in [0.717, 1.165) is 18.8 Å². The van der Waals surface area contributed by atoms with Gasteiger partial charge in [-0.15, -0.1) is 0 Å². The molecule has 1 aromatic heterocycles. The highest BCUT2D eigenvalue weighted by molar-refractivity contribution is 6.06. The lowest BCUT2D eigenvalue weighted by Gasteiger charge is -2.28. The molecule has 1 aliphatic heterocycles. The molecule has 0 aliphatic carbocycles. The van der Waals surface area contributed by atoms with Crippen LogP contribution in [0.25, 0.3) is 17.4 Å². The number of methoxy groups -OCH3 is 1. The molecule has 1 fully saturated rings. The van der Waals surface area contributed by atoms with Crippen LogP contribution in [0.15, 0.2) is 65.1 Å². The number of ketones is 1. The second kappa shape index (κ2) is 9.49. The number of anilines is 1. The van der Waals surface area contributed by atoms with Gasteiger partial charge in [0.1, 0.15) is 17.3 Å². The first-order valence-corrected chi connectivity index (χ1v) is 10.1. The van der Waals surface area contributed by atoms with Crippen molar-refractivity contribution in [3.63, 3.8) is 0 Å². The first-order valence-electron chi connectivity index (χ1n) is 10.1. The zero-order chi connectivity index (χ0) is 22.5. The molecule has 0 spiro atoms. The minimum atomic E-state index is -0.486. The molecule has 4 rings (SSSR count). The summed E-state index contributed by atoms with van der Waals surface area (Å²) in [7, 11) is 1.45. The number of carbonyl (C=O) groups is 1. The van der Waals surface area contributed by atoms with Crippen LogP contribution in [0.2, 0.25) is 0 Å². The smallest absolute Gasteiger partial charge is 0.284 e. The molecule has 0 saturated carbocycles. The van der Waals surface area contributed by atoms with Crippen LogP contribution in [0.1, 0.15) is 16.1 Å². The minimum Gasteiger partial charge on any atom is -0.497 e. The summed E-state index contributed by atoms with van der Waals surface area (Å²) in [5, 5.41) is 11.4. The van der Waals surface area contributed by atoms with E-state index in [0.29, 0.717) is 41.6 Å². The molecule has 8 nitrogen and oxygen atoms in total. The number of morpholine rings is 1. The number of nitrogens with zero attached hydrogens (tertiary/aromatic N) is 2. The summed E-state index contributed by atoms with van der Waals surface area (Å²) >= 11 is 0. The van der Waals surface area contributed by atoms with E-state index in [2.05, 4.69) is 4.90 Å². The van der Waals surface area contributed by atoms with Crippen LogP contribution < -0.4 is 9.64 Å². The van der Waals surface area contributed by atoms with Crippen LogP contribution in [0, 0.1) is 10.1 Å². The number of allylic oxidation sites excluding steroid dienone is 1. The summed E-state index contributed by atoms with van der Waals surface area (Å²) in [5.74, 6) is 0.981. The van der Waals surface area contributed by atoms with E-state index in [1.54, 1.807) is 42.5 Å². The van der Waals surface area contributed by atoms with Crippen LogP contribution in [-0.2, 0) is 4.74 Å². The van der Waals surface area contributed by atoms with Crippen molar-refractivity contribution >= 4 is 23.2 Å². The molecule has 0 radical (unpaired) electrons. The third kappa shape index (κ3) is 4.70. The number of nitro benzene ring substituents is 1. The number of furan rings is 1. The van der Waals surface area contributed by atoms with Crippen LogP contribution in [0.5, 0.6) is 5.75 Å². The van der Waals surface area contributed by atoms with Crippen molar-refractivity contribution in [1.82, 2.24) is 0 Å². The number of rotatable bonds is 7. The van der Waals surface area contributed by atoms with Gasteiger partial charge in [0.2, 0.25) is 0 Å². The lowest BCUT2D eigenvalue weighted by molar-refractivity contribution is -0.384. The lowest BCUT2D eigenvalue weighted by atomic mass is 10.1. The van der Waals surface area contributed by atoms with Crippen LogP contribution >= 0.6 is 0 Å². The van der Waals surface area contributed by atoms with Gasteiger partial charge in [-0.1, -0.05) is 0 Å². The monoisotopic (exact) mass is 434 g/mol. The topological polar surface area (TPSA) is 95.0 Å². The molecule has 1 aliphatic rings. The number of carbonyl (C=O) groups excluding carboxylic acids is 1. The van der Waals surface area contributed by atoms with Gasteiger partial charge in [0.25, 0.3) is 5.69 Å². The Bertz CT molecular complexity index is 1140. The Labute approximate surface area is 184 Å². The predicted molar refractivity (Wildman–Crippen MR) is 120 cm³/mol. The van der Waals surface area contributed by atoms with Crippen LogP contribution in [0.4, 0.5) is 11.4 Å². The first kappa shape index (κ1) is 21.3.